The highest BCUT2D eigenvalue weighted by atomic mass is 19.1. The number of nitrogens with one attached hydrogen (secondary N) is 1. The minimum atomic E-state index is -0.317. The van der Waals surface area contributed by atoms with E-state index in [1.54, 1.807) is 16.8 Å². The zero-order chi connectivity index (χ0) is 20.8. The molecular formula is C22H25FN6O. The monoisotopic (exact) mass is 408 g/mol. The average molecular weight is 408 g/mol. The Labute approximate surface area is 173 Å². The number of halogens is 1. The minimum Gasteiger partial charge on any atom is -0.381 e. The lowest BCUT2D eigenvalue weighted by atomic mass is 10.1. The van der Waals surface area contributed by atoms with Crippen LogP contribution in [0.5, 0.6) is 0 Å². The van der Waals surface area contributed by atoms with Crippen molar-refractivity contribution < 1.29 is 9.13 Å². The van der Waals surface area contributed by atoms with Gasteiger partial charge in [0.2, 0.25) is 5.95 Å². The van der Waals surface area contributed by atoms with Crippen LogP contribution in [0.1, 0.15) is 38.6 Å². The first kappa shape index (κ1) is 19.0. The van der Waals surface area contributed by atoms with E-state index >= 15 is 0 Å². The highest BCUT2D eigenvalue weighted by Crippen LogP contribution is 2.32. The summed E-state index contributed by atoms with van der Waals surface area (Å²) < 4.78 is 24.1. The minimum absolute atomic E-state index is 0.192. The summed E-state index contributed by atoms with van der Waals surface area (Å²) in [6.07, 6.45) is 5.56. The van der Waals surface area contributed by atoms with E-state index in [0.29, 0.717) is 17.5 Å². The molecule has 1 aromatic carbocycles. The Morgan fingerprint density at radius 1 is 1.20 bits per heavy atom. The first-order valence-electron chi connectivity index (χ1n) is 10.4. The summed E-state index contributed by atoms with van der Waals surface area (Å²) >= 11 is 0. The van der Waals surface area contributed by atoms with E-state index in [1.165, 1.54) is 0 Å². The Bertz CT molecular complexity index is 1220. The highest BCUT2D eigenvalue weighted by Gasteiger charge is 2.18. The number of hydrogen-bond donors (Lipinski definition) is 1. The van der Waals surface area contributed by atoms with E-state index in [4.69, 9.17) is 4.74 Å². The summed E-state index contributed by atoms with van der Waals surface area (Å²) in [5.41, 5.74) is 3.72. The van der Waals surface area contributed by atoms with Gasteiger partial charge in [-0.3, -0.25) is 0 Å². The van der Waals surface area contributed by atoms with Crippen molar-refractivity contribution >= 4 is 22.5 Å². The van der Waals surface area contributed by atoms with Gasteiger partial charge in [0, 0.05) is 37.1 Å². The number of anilines is 1. The lowest BCUT2D eigenvalue weighted by Gasteiger charge is -2.22. The van der Waals surface area contributed by atoms with E-state index < -0.39 is 0 Å². The number of aromatic nitrogens is 5. The van der Waals surface area contributed by atoms with Gasteiger partial charge in [0.1, 0.15) is 11.3 Å². The molecule has 4 aromatic rings. The van der Waals surface area contributed by atoms with E-state index in [-0.39, 0.29) is 11.9 Å². The van der Waals surface area contributed by atoms with Crippen LogP contribution < -0.4 is 5.32 Å². The average Bonchev–Trinajstić information content (AvgIpc) is 3.29. The van der Waals surface area contributed by atoms with Crippen molar-refractivity contribution in [3.8, 4) is 11.1 Å². The first-order valence-corrected chi connectivity index (χ1v) is 10.4. The van der Waals surface area contributed by atoms with Gasteiger partial charge in [-0.25, -0.2) is 18.9 Å². The molecule has 1 saturated heterocycles. The van der Waals surface area contributed by atoms with Crippen LogP contribution in [0.2, 0.25) is 0 Å². The Morgan fingerprint density at radius 3 is 2.77 bits per heavy atom. The second-order valence-electron chi connectivity index (χ2n) is 8.12. The second-order valence-corrected chi connectivity index (χ2v) is 8.12. The molecule has 0 atom stereocenters. The number of ether oxygens (including phenoxy) is 1. The van der Waals surface area contributed by atoms with Gasteiger partial charge in [-0.05, 0) is 57.4 Å². The number of nitrogens with zero attached hydrogens (tertiary/aromatic N) is 5. The van der Waals surface area contributed by atoms with Crippen LogP contribution in [0, 0.1) is 12.7 Å². The van der Waals surface area contributed by atoms with Crippen LogP contribution in [0.4, 0.5) is 10.3 Å². The number of fused-ring (bicyclic) bond motifs is 2. The van der Waals surface area contributed by atoms with Gasteiger partial charge in [0.05, 0.1) is 17.2 Å². The maximum atomic E-state index is 14.9. The third-order valence-corrected chi connectivity index (χ3v) is 5.72. The van der Waals surface area contributed by atoms with Crippen LogP contribution in [-0.4, -0.2) is 43.4 Å². The molecule has 0 saturated carbocycles. The van der Waals surface area contributed by atoms with Gasteiger partial charge in [-0.15, -0.1) is 5.10 Å². The topological polar surface area (TPSA) is 69.3 Å². The number of benzene rings is 1. The summed E-state index contributed by atoms with van der Waals surface area (Å²) in [6, 6.07) is 6.01. The summed E-state index contributed by atoms with van der Waals surface area (Å²) in [4.78, 5) is 8.93. The van der Waals surface area contributed by atoms with E-state index in [0.717, 1.165) is 54.0 Å². The maximum absolute atomic E-state index is 14.9. The zero-order valence-corrected chi connectivity index (χ0v) is 17.4. The van der Waals surface area contributed by atoms with Gasteiger partial charge in [0.25, 0.3) is 0 Å². The standard InChI is InChI=1S/C22H25FN6O/c1-13(2)29-14(3)25-21-18(23)10-15(11-19(21)29)17-4-7-28-20(17)12-24-22(27-28)26-16-5-8-30-9-6-16/h4,7,10-13,16H,5-6,8-9H2,1-3H3,(H,26,27). The first-order chi connectivity index (χ1) is 14.5. The fourth-order valence-electron chi connectivity index (χ4n) is 4.31. The van der Waals surface area contributed by atoms with Crippen LogP contribution in [0.25, 0.3) is 27.7 Å². The van der Waals surface area contributed by atoms with Gasteiger partial charge in [-0.2, -0.15) is 0 Å². The van der Waals surface area contributed by atoms with Gasteiger partial charge in [-0.1, -0.05) is 0 Å². The smallest absolute Gasteiger partial charge is 0.241 e. The Balaban J connectivity index is 1.54. The molecule has 0 bridgehead atoms. The Hall–Kier alpha value is -3.00. The van der Waals surface area contributed by atoms with Crippen LogP contribution >= 0.6 is 0 Å². The van der Waals surface area contributed by atoms with Gasteiger partial charge in [0.15, 0.2) is 5.82 Å². The van der Waals surface area contributed by atoms with Crippen molar-refractivity contribution in [2.45, 2.75) is 45.7 Å². The molecule has 1 fully saturated rings. The van der Waals surface area contributed by atoms with E-state index in [2.05, 4.69) is 38.8 Å². The molecule has 8 heteroatoms. The van der Waals surface area contributed by atoms with Crippen molar-refractivity contribution in [3.63, 3.8) is 0 Å². The number of rotatable bonds is 4. The van der Waals surface area contributed by atoms with Crippen LogP contribution in [-0.2, 0) is 4.74 Å². The molecule has 0 amide bonds. The van der Waals surface area contributed by atoms with Crippen molar-refractivity contribution in [3.05, 3.63) is 42.2 Å². The Morgan fingerprint density at radius 2 is 2.00 bits per heavy atom. The molecule has 7 nitrogen and oxygen atoms in total. The van der Waals surface area contributed by atoms with Crippen molar-refractivity contribution in [1.82, 2.24) is 24.1 Å². The van der Waals surface area contributed by atoms with Gasteiger partial charge < -0.3 is 14.6 Å². The quantitative estimate of drug-likeness (QED) is 0.543. The van der Waals surface area contributed by atoms with E-state index in [9.17, 15) is 4.39 Å². The van der Waals surface area contributed by atoms with Crippen molar-refractivity contribution in [1.29, 1.82) is 0 Å². The molecule has 1 N–H and O–H groups in total. The fraction of sp³-hybridized carbons (Fsp3) is 0.409. The van der Waals surface area contributed by atoms with Crippen LogP contribution in [0.15, 0.2) is 30.6 Å². The largest absolute Gasteiger partial charge is 0.381 e. The molecule has 0 spiro atoms. The number of imidazole rings is 1. The molecule has 5 rings (SSSR count). The third-order valence-electron chi connectivity index (χ3n) is 5.72. The number of hydrogen-bond acceptors (Lipinski definition) is 5. The Kier molecular flexibility index (Phi) is 4.66. The predicted molar refractivity (Wildman–Crippen MR) is 114 cm³/mol. The normalized spacial score (nSPS) is 15.5. The van der Waals surface area contributed by atoms with Crippen LogP contribution in [0.3, 0.4) is 0 Å². The zero-order valence-electron chi connectivity index (χ0n) is 17.4. The molecule has 1 aliphatic heterocycles. The molecule has 4 heterocycles. The van der Waals surface area contributed by atoms with Gasteiger partial charge >= 0.3 is 0 Å². The summed E-state index contributed by atoms with van der Waals surface area (Å²) in [7, 11) is 0. The molecule has 1 aliphatic rings. The fourth-order valence-corrected chi connectivity index (χ4v) is 4.31. The second kappa shape index (κ2) is 7.36. The lowest BCUT2D eigenvalue weighted by Crippen LogP contribution is -2.28. The predicted octanol–water partition coefficient (Wildman–Crippen LogP) is 4.37. The molecule has 0 radical (unpaired) electrons. The lowest BCUT2D eigenvalue weighted by molar-refractivity contribution is 0.0903. The molecule has 30 heavy (non-hydrogen) atoms. The molecule has 0 aliphatic carbocycles. The summed E-state index contributed by atoms with van der Waals surface area (Å²) in [5.74, 6) is 1.08. The summed E-state index contributed by atoms with van der Waals surface area (Å²) in [6.45, 7) is 7.58. The highest BCUT2D eigenvalue weighted by molar-refractivity contribution is 5.88. The van der Waals surface area contributed by atoms with Crippen molar-refractivity contribution in [2.24, 2.45) is 0 Å². The maximum Gasteiger partial charge on any atom is 0.241 e. The summed E-state index contributed by atoms with van der Waals surface area (Å²) in [5, 5.41) is 7.98. The van der Waals surface area contributed by atoms with E-state index in [1.807, 2.05) is 25.3 Å². The third kappa shape index (κ3) is 3.21. The van der Waals surface area contributed by atoms with Crippen molar-refractivity contribution in [2.75, 3.05) is 18.5 Å². The SMILES string of the molecule is Cc1nc2c(F)cc(-c3ccn4nc(NC5CCOCC5)ncc34)cc2n1C(C)C. The molecular weight excluding hydrogens is 383 g/mol. The molecule has 156 valence electrons. The molecule has 0 unspecified atom stereocenters. The number of aryl methyl sites for hydroxylation is 1. The molecule has 3 aromatic heterocycles.